The van der Waals surface area contributed by atoms with Crippen LogP contribution in [0.4, 0.5) is 11.5 Å². The lowest BCUT2D eigenvalue weighted by Gasteiger charge is -2.35. The van der Waals surface area contributed by atoms with Gasteiger partial charge in [0.25, 0.3) is 5.91 Å². The summed E-state index contributed by atoms with van der Waals surface area (Å²) in [5.41, 5.74) is 12.7. The van der Waals surface area contributed by atoms with Crippen LogP contribution in [0.2, 0.25) is 0 Å². The Morgan fingerprint density at radius 1 is 1.14 bits per heavy atom. The van der Waals surface area contributed by atoms with E-state index in [4.69, 9.17) is 15.8 Å². The number of hydrogen-bond donors (Lipinski definition) is 3. The first-order chi connectivity index (χ1) is 17.9. The fourth-order valence-corrected chi connectivity index (χ4v) is 5.09. The summed E-state index contributed by atoms with van der Waals surface area (Å²) >= 11 is 0. The summed E-state index contributed by atoms with van der Waals surface area (Å²) in [6, 6.07) is 17.8. The van der Waals surface area contributed by atoms with E-state index in [0.29, 0.717) is 18.7 Å². The van der Waals surface area contributed by atoms with Gasteiger partial charge in [0.15, 0.2) is 5.65 Å². The van der Waals surface area contributed by atoms with Gasteiger partial charge in [-0.2, -0.15) is 5.10 Å². The highest BCUT2D eigenvalue weighted by Gasteiger charge is 2.31. The van der Waals surface area contributed by atoms with Crippen LogP contribution in [-0.2, 0) is 0 Å². The van der Waals surface area contributed by atoms with Crippen molar-refractivity contribution in [1.29, 1.82) is 0 Å². The molecule has 2 aromatic carbocycles. The molecule has 1 amide bonds. The maximum Gasteiger partial charge on any atom is 0.256 e. The van der Waals surface area contributed by atoms with E-state index >= 15 is 0 Å². The van der Waals surface area contributed by atoms with Crippen LogP contribution in [0.1, 0.15) is 64.1 Å². The zero-order valence-electron chi connectivity index (χ0n) is 21.7. The number of aromatic nitrogens is 3. The second-order valence-corrected chi connectivity index (χ2v) is 9.85. The number of benzene rings is 2. The minimum absolute atomic E-state index is 0.0381. The van der Waals surface area contributed by atoms with Gasteiger partial charge in [-0.3, -0.25) is 4.79 Å². The van der Waals surface area contributed by atoms with E-state index < -0.39 is 0 Å². The van der Waals surface area contributed by atoms with E-state index in [0.717, 1.165) is 58.8 Å². The smallest absolute Gasteiger partial charge is 0.256 e. The van der Waals surface area contributed by atoms with Crippen LogP contribution in [0.15, 0.2) is 60.8 Å². The second kappa shape index (κ2) is 10.6. The minimum atomic E-state index is -0.134. The van der Waals surface area contributed by atoms with Gasteiger partial charge in [0, 0.05) is 49.7 Å². The van der Waals surface area contributed by atoms with Crippen LogP contribution in [0.5, 0.6) is 0 Å². The molecule has 192 valence electrons. The van der Waals surface area contributed by atoms with Crippen molar-refractivity contribution in [2.24, 2.45) is 5.73 Å². The quantitative estimate of drug-likeness (QED) is 0.337. The Bertz CT molecular complexity index is 1400. The summed E-state index contributed by atoms with van der Waals surface area (Å²) in [4.78, 5) is 20.5. The molecule has 8 nitrogen and oxygen atoms in total. The molecule has 0 bridgehead atoms. The van der Waals surface area contributed by atoms with Gasteiger partial charge < -0.3 is 21.3 Å². The van der Waals surface area contributed by atoms with Gasteiger partial charge in [-0.15, -0.1) is 0 Å². The van der Waals surface area contributed by atoms with Crippen molar-refractivity contribution in [2.75, 3.05) is 30.8 Å². The standard InChI is InChI=1S/C29H35N7O/c1-19-12-13-24(31-3)22(15-19)29(37)35-14-8-7-11-26(35)25-16-27-33-28(20(2)18-36(27)34-25)32-17-23(30)21-9-5-4-6-10-21/h4-6,9-10,12-13,15-16,18,23,26,31H,7-8,11,14,17,30H2,1-3H3,(H,32,33)/t23?,26-/m0/s1. The molecule has 37 heavy (non-hydrogen) atoms. The summed E-state index contributed by atoms with van der Waals surface area (Å²) in [6.07, 6.45) is 4.91. The van der Waals surface area contributed by atoms with Gasteiger partial charge >= 0.3 is 0 Å². The third-order valence-electron chi connectivity index (χ3n) is 7.15. The fraction of sp³-hybridized carbons (Fsp3) is 0.345. The number of piperidine rings is 1. The lowest BCUT2D eigenvalue weighted by molar-refractivity contribution is 0.0606. The van der Waals surface area contributed by atoms with Gasteiger partial charge in [-0.1, -0.05) is 42.0 Å². The average Bonchev–Trinajstić information content (AvgIpc) is 3.34. The SMILES string of the molecule is CNc1ccc(C)cc1C(=O)N1CCCC[C@H]1c1cc2nc(NCC(N)c3ccccc3)c(C)cn2n1. The third kappa shape index (κ3) is 5.15. The van der Waals surface area contributed by atoms with Crippen molar-refractivity contribution in [3.63, 3.8) is 0 Å². The zero-order chi connectivity index (χ0) is 25.9. The minimum Gasteiger partial charge on any atom is -0.387 e. The maximum absolute atomic E-state index is 13.7. The summed E-state index contributed by atoms with van der Waals surface area (Å²) in [7, 11) is 1.85. The fourth-order valence-electron chi connectivity index (χ4n) is 5.09. The second-order valence-electron chi connectivity index (χ2n) is 9.85. The normalized spacial score (nSPS) is 16.5. The van der Waals surface area contributed by atoms with E-state index in [1.807, 2.05) is 91.1 Å². The molecule has 5 rings (SSSR count). The molecule has 2 aromatic heterocycles. The number of likely N-dealkylation sites (tertiary alicyclic amines) is 1. The predicted octanol–water partition coefficient (Wildman–Crippen LogP) is 4.87. The molecule has 0 saturated carbocycles. The van der Waals surface area contributed by atoms with Gasteiger partial charge in [-0.05, 0) is 50.8 Å². The molecule has 4 aromatic rings. The summed E-state index contributed by atoms with van der Waals surface area (Å²) in [5, 5.41) is 11.4. The number of aryl methyl sites for hydroxylation is 2. The Morgan fingerprint density at radius 3 is 2.73 bits per heavy atom. The molecule has 1 unspecified atom stereocenters. The molecule has 1 aliphatic heterocycles. The summed E-state index contributed by atoms with van der Waals surface area (Å²) in [5.74, 6) is 0.830. The number of carbonyl (C=O) groups is 1. The molecular formula is C29H35N7O. The topological polar surface area (TPSA) is 101 Å². The lowest BCUT2D eigenvalue weighted by Crippen LogP contribution is -2.39. The Labute approximate surface area is 217 Å². The summed E-state index contributed by atoms with van der Waals surface area (Å²) in [6.45, 7) is 5.31. The van der Waals surface area contributed by atoms with E-state index in [9.17, 15) is 4.79 Å². The highest BCUT2D eigenvalue weighted by atomic mass is 16.2. The van der Waals surface area contributed by atoms with Crippen LogP contribution in [0.3, 0.4) is 0 Å². The van der Waals surface area contributed by atoms with Crippen LogP contribution >= 0.6 is 0 Å². The van der Waals surface area contributed by atoms with Crippen molar-refractivity contribution in [3.05, 3.63) is 88.7 Å². The number of fused-ring (bicyclic) bond motifs is 1. The number of hydrogen-bond acceptors (Lipinski definition) is 6. The van der Waals surface area contributed by atoms with Gasteiger partial charge in [0.2, 0.25) is 0 Å². The molecule has 4 N–H and O–H groups in total. The van der Waals surface area contributed by atoms with Gasteiger partial charge in [0.05, 0.1) is 17.3 Å². The number of amides is 1. The molecule has 8 heteroatoms. The first-order valence-electron chi connectivity index (χ1n) is 13.0. The first-order valence-corrected chi connectivity index (χ1v) is 13.0. The number of carbonyl (C=O) groups excluding carboxylic acids is 1. The maximum atomic E-state index is 13.7. The molecule has 0 aliphatic carbocycles. The molecule has 1 aliphatic rings. The third-order valence-corrected chi connectivity index (χ3v) is 7.15. The van der Waals surface area contributed by atoms with Crippen LogP contribution in [0.25, 0.3) is 5.65 Å². The molecule has 3 heterocycles. The Balaban J connectivity index is 1.39. The van der Waals surface area contributed by atoms with Gasteiger partial charge in [0.1, 0.15) is 5.82 Å². The largest absolute Gasteiger partial charge is 0.387 e. The highest BCUT2D eigenvalue weighted by molar-refractivity contribution is 6.00. The van der Waals surface area contributed by atoms with E-state index in [-0.39, 0.29) is 18.0 Å². The number of anilines is 2. The average molecular weight is 498 g/mol. The molecule has 1 fully saturated rings. The van der Waals surface area contributed by atoms with Crippen molar-refractivity contribution in [1.82, 2.24) is 19.5 Å². The Kier molecular flexibility index (Phi) is 7.10. The van der Waals surface area contributed by atoms with Gasteiger partial charge in [-0.25, -0.2) is 9.50 Å². The van der Waals surface area contributed by atoms with Crippen LogP contribution in [-0.4, -0.2) is 45.5 Å². The van der Waals surface area contributed by atoms with Crippen LogP contribution < -0.4 is 16.4 Å². The zero-order valence-corrected chi connectivity index (χ0v) is 21.7. The van der Waals surface area contributed by atoms with Crippen molar-refractivity contribution < 1.29 is 4.79 Å². The highest BCUT2D eigenvalue weighted by Crippen LogP contribution is 2.33. The number of nitrogens with two attached hydrogens (primary N) is 1. The molecule has 2 atom stereocenters. The first kappa shape index (κ1) is 24.8. The van der Waals surface area contributed by atoms with E-state index in [2.05, 4.69) is 10.6 Å². The Morgan fingerprint density at radius 2 is 1.95 bits per heavy atom. The summed E-state index contributed by atoms with van der Waals surface area (Å²) < 4.78 is 1.82. The Hall–Kier alpha value is -3.91. The molecule has 0 radical (unpaired) electrons. The number of nitrogens with zero attached hydrogens (tertiary/aromatic N) is 4. The predicted molar refractivity (Wildman–Crippen MR) is 148 cm³/mol. The van der Waals surface area contributed by atoms with Crippen molar-refractivity contribution in [3.8, 4) is 0 Å². The molecule has 1 saturated heterocycles. The van der Waals surface area contributed by atoms with E-state index in [1.54, 1.807) is 0 Å². The molecular weight excluding hydrogens is 462 g/mol. The number of nitrogens with one attached hydrogen (secondary N) is 2. The van der Waals surface area contributed by atoms with Crippen LogP contribution in [0, 0.1) is 13.8 Å². The van der Waals surface area contributed by atoms with E-state index in [1.165, 1.54) is 0 Å². The monoisotopic (exact) mass is 497 g/mol. The van der Waals surface area contributed by atoms with Crippen molar-refractivity contribution >= 4 is 23.1 Å². The van der Waals surface area contributed by atoms with Crippen molar-refractivity contribution in [2.45, 2.75) is 45.2 Å². The molecule has 0 spiro atoms. The number of rotatable bonds is 7. The lowest BCUT2D eigenvalue weighted by atomic mass is 9.97.